The second kappa shape index (κ2) is 3.79. The Hall–Kier alpha value is -1.45. The molecule has 1 aromatic rings. The van der Waals surface area contributed by atoms with Crippen LogP contribution in [0.2, 0.25) is 0 Å². The molecule has 1 N–H and O–H groups in total. The number of aliphatic hydroxyl groups excluding tert-OH is 1. The highest BCUT2D eigenvalue weighted by Gasteiger charge is 2.47. The molecule has 3 atom stereocenters. The van der Waals surface area contributed by atoms with Crippen molar-refractivity contribution in [2.24, 2.45) is 0 Å². The fraction of sp³-hybridized carbons (Fsp3) is 0.357. The predicted octanol–water partition coefficient (Wildman–Crippen LogP) is 1.56. The van der Waals surface area contributed by atoms with Crippen molar-refractivity contribution in [3.8, 4) is 0 Å². The van der Waals surface area contributed by atoms with Crippen LogP contribution in [0.4, 0.5) is 0 Å². The Kier molecular flexibility index (Phi) is 2.38. The summed E-state index contributed by atoms with van der Waals surface area (Å²) in [5.74, 6) is -0.130. The smallest absolute Gasteiger partial charge is 0.167 e. The van der Waals surface area contributed by atoms with Crippen LogP contribution in [0.25, 0.3) is 0 Å². The summed E-state index contributed by atoms with van der Waals surface area (Å²) < 4.78 is 5.92. The number of aliphatic hydroxyl groups is 1. The fourth-order valence-corrected chi connectivity index (χ4v) is 2.62. The first-order valence-corrected chi connectivity index (χ1v) is 5.82. The van der Waals surface area contributed by atoms with Crippen LogP contribution >= 0.6 is 0 Å². The summed E-state index contributed by atoms with van der Waals surface area (Å²) >= 11 is 0. The van der Waals surface area contributed by atoms with Crippen molar-refractivity contribution in [2.45, 2.75) is 30.7 Å². The van der Waals surface area contributed by atoms with E-state index in [1.54, 1.807) is 6.08 Å². The number of benzene rings is 1. The van der Waals surface area contributed by atoms with E-state index in [4.69, 9.17) is 4.74 Å². The molecule has 0 amide bonds. The zero-order valence-electron chi connectivity index (χ0n) is 9.37. The fourth-order valence-electron chi connectivity index (χ4n) is 2.62. The van der Waals surface area contributed by atoms with Crippen LogP contribution in [-0.4, -0.2) is 23.1 Å². The van der Waals surface area contributed by atoms with Gasteiger partial charge in [0.15, 0.2) is 5.78 Å². The van der Waals surface area contributed by atoms with Gasteiger partial charge < -0.3 is 9.84 Å². The topological polar surface area (TPSA) is 46.5 Å². The van der Waals surface area contributed by atoms with Crippen LogP contribution in [0.5, 0.6) is 0 Å². The van der Waals surface area contributed by atoms with Gasteiger partial charge in [-0.25, -0.2) is 0 Å². The molecular formula is C14H14O3. The summed E-state index contributed by atoms with van der Waals surface area (Å²) in [6.45, 7) is 0. The average Bonchev–Trinajstić information content (AvgIpc) is 2.38. The van der Waals surface area contributed by atoms with E-state index in [2.05, 4.69) is 0 Å². The van der Waals surface area contributed by atoms with Crippen molar-refractivity contribution in [1.82, 2.24) is 0 Å². The molecule has 1 fully saturated rings. The van der Waals surface area contributed by atoms with E-state index in [-0.39, 0.29) is 12.2 Å². The molecule has 0 spiro atoms. The minimum absolute atomic E-state index is 0.130. The van der Waals surface area contributed by atoms with E-state index in [0.29, 0.717) is 6.42 Å². The molecule has 3 nitrogen and oxygen atoms in total. The lowest BCUT2D eigenvalue weighted by Gasteiger charge is -2.44. The highest BCUT2D eigenvalue weighted by atomic mass is 16.5. The third-order valence-electron chi connectivity index (χ3n) is 3.54. The number of hydrogen-bond donors (Lipinski definition) is 1. The average molecular weight is 230 g/mol. The van der Waals surface area contributed by atoms with Gasteiger partial charge in [0, 0.05) is 6.42 Å². The lowest BCUT2D eigenvalue weighted by molar-refractivity contribution is -0.179. The van der Waals surface area contributed by atoms with Crippen molar-refractivity contribution in [3.63, 3.8) is 0 Å². The Balaban J connectivity index is 2.03. The van der Waals surface area contributed by atoms with Gasteiger partial charge in [-0.2, -0.15) is 0 Å². The normalized spacial score (nSPS) is 35.9. The van der Waals surface area contributed by atoms with Gasteiger partial charge >= 0.3 is 0 Å². The molecule has 17 heavy (non-hydrogen) atoms. The molecule has 2 bridgehead atoms. The third kappa shape index (κ3) is 1.63. The molecule has 0 aromatic heterocycles. The van der Waals surface area contributed by atoms with Gasteiger partial charge in [0.2, 0.25) is 0 Å². The van der Waals surface area contributed by atoms with E-state index in [1.165, 1.54) is 0 Å². The van der Waals surface area contributed by atoms with Gasteiger partial charge in [-0.3, -0.25) is 4.79 Å². The van der Waals surface area contributed by atoms with Gasteiger partial charge in [-0.1, -0.05) is 42.5 Å². The molecule has 3 heteroatoms. The molecule has 1 saturated heterocycles. The monoisotopic (exact) mass is 230 g/mol. The Morgan fingerprint density at radius 1 is 1.29 bits per heavy atom. The van der Waals surface area contributed by atoms with Crippen LogP contribution in [0.3, 0.4) is 0 Å². The van der Waals surface area contributed by atoms with E-state index < -0.39 is 17.8 Å². The SMILES string of the molecule is O=C1CC2(c3ccccc3)CC=CC(O2)[C@H]1O. The van der Waals surface area contributed by atoms with Crippen molar-refractivity contribution >= 4 is 5.78 Å². The minimum atomic E-state index is -1.01. The van der Waals surface area contributed by atoms with E-state index >= 15 is 0 Å². The van der Waals surface area contributed by atoms with Gasteiger partial charge in [-0.15, -0.1) is 0 Å². The number of fused-ring (bicyclic) bond motifs is 2. The summed E-state index contributed by atoms with van der Waals surface area (Å²) in [4.78, 5) is 11.8. The quantitative estimate of drug-likeness (QED) is 0.745. The van der Waals surface area contributed by atoms with Crippen LogP contribution in [0, 0.1) is 0 Å². The molecule has 88 valence electrons. The second-order valence-electron chi connectivity index (χ2n) is 4.66. The predicted molar refractivity (Wildman–Crippen MR) is 62.4 cm³/mol. The van der Waals surface area contributed by atoms with Gasteiger partial charge in [0.1, 0.15) is 17.8 Å². The van der Waals surface area contributed by atoms with Crippen LogP contribution in [-0.2, 0) is 15.1 Å². The summed E-state index contributed by atoms with van der Waals surface area (Å²) in [7, 11) is 0. The standard InChI is InChI=1S/C14H14O3/c15-11-9-14(10-5-2-1-3-6-10)8-4-7-12(17-14)13(11)16/h1-7,12-13,16H,8-9H2/t12?,13-,14?/m0/s1. The zero-order valence-corrected chi connectivity index (χ0v) is 9.37. The Bertz CT molecular complexity index is 466. The molecule has 2 unspecified atom stereocenters. The number of Topliss-reactive ketones (excluding diaryl/α,β-unsaturated/α-hetero) is 1. The number of carbonyl (C=O) groups excluding carboxylic acids is 1. The van der Waals surface area contributed by atoms with Gasteiger partial charge in [-0.05, 0) is 12.0 Å². The van der Waals surface area contributed by atoms with E-state index in [9.17, 15) is 9.90 Å². The third-order valence-corrected chi connectivity index (χ3v) is 3.54. The first-order valence-electron chi connectivity index (χ1n) is 5.82. The van der Waals surface area contributed by atoms with Crippen molar-refractivity contribution < 1.29 is 14.6 Å². The number of ether oxygens (including phenoxy) is 1. The molecule has 3 rings (SSSR count). The zero-order chi connectivity index (χ0) is 11.9. The minimum Gasteiger partial charge on any atom is -0.382 e. The van der Waals surface area contributed by atoms with Gasteiger partial charge in [0.25, 0.3) is 0 Å². The summed E-state index contributed by atoms with van der Waals surface area (Å²) in [5.41, 5.74) is 0.436. The molecular weight excluding hydrogens is 216 g/mol. The largest absolute Gasteiger partial charge is 0.382 e. The summed E-state index contributed by atoms with van der Waals surface area (Å²) in [6, 6.07) is 9.77. The van der Waals surface area contributed by atoms with E-state index in [0.717, 1.165) is 5.56 Å². The maximum atomic E-state index is 11.8. The Morgan fingerprint density at radius 2 is 2.06 bits per heavy atom. The maximum absolute atomic E-state index is 11.8. The summed E-state index contributed by atoms with van der Waals surface area (Å²) in [5, 5.41) is 9.72. The number of hydrogen-bond acceptors (Lipinski definition) is 3. The molecule has 2 heterocycles. The maximum Gasteiger partial charge on any atom is 0.167 e. The molecule has 0 aliphatic carbocycles. The van der Waals surface area contributed by atoms with Crippen molar-refractivity contribution in [3.05, 3.63) is 48.0 Å². The van der Waals surface area contributed by atoms with Crippen molar-refractivity contribution in [1.29, 1.82) is 0 Å². The first-order chi connectivity index (χ1) is 8.21. The lowest BCUT2D eigenvalue weighted by Crippen LogP contribution is -2.51. The molecule has 2 aliphatic heterocycles. The van der Waals surface area contributed by atoms with Gasteiger partial charge in [0.05, 0.1) is 0 Å². The Labute approximate surface area is 99.7 Å². The van der Waals surface area contributed by atoms with E-state index in [1.807, 2.05) is 36.4 Å². The summed E-state index contributed by atoms with van der Waals surface area (Å²) in [6.07, 6.45) is 3.21. The highest BCUT2D eigenvalue weighted by molar-refractivity contribution is 5.86. The highest BCUT2D eigenvalue weighted by Crippen LogP contribution is 2.42. The molecule has 2 aliphatic rings. The molecule has 0 radical (unpaired) electrons. The number of ketones is 1. The first kappa shape index (κ1) is 10.7. The Morgan fingerprint density at radius 3 is 2.82 bits per heavy atom. The van der Waals surface area contributed by atoms with Crippen LogP contribution < -0.4 is 0 Å². The van der Waals surface area contributed by atoms with Crippen LogP contribution in [0.1, 0.15) is 18.4 Å². The van der Waals surface area contributed by atoms with Crippen LogP contribution in [0.15, 0.2) is 42.5 Å². The lowest BCUT2D eigenvalue weighted by atomic mass is 9.78. The van der Waals surface area contributed by atoms with Crippen molar-refractivity contribution in [2.75, 3.05) is 0 Å². The second-order valence-corrected chi connectivity index (χ2v) is 4.66. The molecule has 1 aromatic carbocycles. The number of rotatable bonds is 1. The molecule has 0 saturated carbocycles. The number of carbonyl (C=O) groups is 1.